The van der Waals surface area contributed by atoms with Gasteiger partial charge < -0.3 is 14.7 Å². The molecule has 2 amide bonds. The number of carbonyl (C=O) groups is 2. The van der Waals surface area contributed by atoms with Crippen LogP contribution in [0, 0.1) is 0 Å². The molecule has 7 rings (SSSR count). The Morgan fingerprint density at radius 3 is 2.38 bits per heavy atom. The Hall–Kier alpha value is -4.65. The third kappa shape index (κ3) is 2.43. The molecule has 0 saturated heterocycles. The van der Waals surface area contributed by atoms with E-state index in [1.807, 2.05) is 60.7 Å². The lowest BCUT2D eigenvalue weighted by Crippen LogP contribution is -2.24. The van der Waals surface area contributed by atoms with E-state index in [1.54, 1.807) is 6.20 Å². The molecular weight excluding hydrogens is 428 g/mol. The summed E-state index contributed by atoms with van der Waals surface area (Å²) in [6.07, 6.45) is 1.70. The van der Waals surface area contributed by atoms with Gasteiger partial charge >= 0.3 is 0 Å². The van der Waals surface area contributed by atoms with E-state index in [4.69, 9.17) is 4.74 Å². The van der Waals surface area contributed by atoms with Gasteiger partial charge in [0, 0.05) is 40.9 Å². The Balaban J connectivity index is 1.50. The Morgan fingerprint density at radius 2 is 1.59 bits per heavy atom. The zero-order valence-corrected chi connectivity index (χ0v) is 18.2. The Labute approximate surface area is 193 Å². The van der Waals surface area contributed by atoms with E-state index in [0.29, 0.717) is 29.1 Å². The van der Waals surface area contributed by atoms with E-state index < -0.39 is 0 Å². The second-order valence-corrected chi connectivity index (χ2v) is 8.55. The molecule has 0 spiro atoms. The summed E-state index contributed by atoms with van der Waals surface area (Å²) in [7, 11) is 1.53. The predicted octanol–water partition coefficient (Wildman–Crippen LogP) is 5.16. The number of amides is 2. The fourth-order valence-corrected chi connectivity index (χ4v) is 5.03. The van der Waals surface area contributed by atoms with Gasteiger partial charge in [0.1, 0.15) is 18.0 Å². The largest absolute Gasteiger partial charge is 0.489 e. The van der Waals surface area contributed by atoms with Crippen LogP contribution in [0.1, 0.15) is 26.3 Å². The van der Waals surface area contributed by atoms with Crippen LogP contribution in [-0.4, -0.2) is 38.7 Å². The molecule has 3 aromatic carbocycles. The van der Waals surface area contributed by atoms with E-state index in [2.05, 4.69) is 15.0 Å². The molecule has 0 radical (unpaired) electrons. The smallest absolute Gasteiger partial charge is 0.262 e. The maximum Gasteiger partial charge on any atom is 0.262 e. The number of nitrogens with one attached hydrogen (secondary N) is 2. The number of carbonyl (C=O) groups excluding carboxylic acids is 2. The highest BCUT2D eigenvalue weighted by atomic mass is 16.5. The standard InChI is InChI=1S/C27H18N4O3/c1-31-26(32)21-19-16-10-9-15(34-13-14-6-3-2-4-7-14)12-18(16)29-23(19)24-20(22(21)27(31)33)17-8-5-11-28-25(17)30-24/h2-12,29H,13H2,1H3,(H,28,30). The molecule has 6 aromatic rings. The molecule has 2 N–H and O–H groups in total. The Morgan fingerprint density at radius 1 is 0.853 bits per heavy atom. The number of fused-ring (bicyclic) bond motifs is 10. The molecule has 164 valence electrons. The van der Waals surface area contributed by atoms with Crippen LogP contribution in [0.15, 0.2) is 66.9 Å². The molecule has 0 aliphatic carbocycles. The van der Waals surface area contributed by atoms with Crippen LogP contribution in [0.2, 0.25) is 0 Å². The normalized spacial score (nSPS) is 13.6. The number of aromatic nitrogens is 3. The minimum Gasteiger partial charge on any atom is -0.489 e. The third-order valence-corrected chi connectivity index (χ3v) is 6.63. The number of H-pyrrole nitrogens is 2. The fraction of sp³-hybridized carbons (Fsp3) is 0.0741. The van der Waals surface area contributed by atoms with Crippen molar-refractivity contribution in [3.8, 4) is 5.75 Å². The van der Waals surface area contributed by atoms with Crippen LogP contribution in [0.25, 0.3) is 43.7 Å². The average Bonchev–Trinajstić information content (AvgIpc) is 3.50. The Kier molecular flexibility index (Phi) is 3.71. The number of rotatable bonds is 3. The molecule has 1 aliphatic heterocycles. The van der Waals surface area contributed by atoms with Crippen molar-refractivity contribution in [2.24, 2.45) is 0 Å². The zero-order valence-electron chi connectivity index (χ0n) is 18.2. The van der Waals surface area contributed by atoms with Crippen LogP contribution in [0.5, 0.6) is 5.75 Å². The number of hydrogen-bond acceptors (Lipinski definition) is 4. The molecule has 0 saturated carbocycles. The molecule has 0 fully saturated rings. The minimum absolute atomic E-state index is 0.296. The summed E-state index contributed by atoms with van der Waals surface area (Å²) >= 11 is 0. The van der Waals surface area contributed by atoms with Gasteiger partial charge in [0.25, 0.3) is 11.8 Å². The lowest BCUT2D eigenvalue weighted by molar-refractivity contribution is 0.0694. The van der Waals surface area contributed by atoms with Gasteiger partial charge in [-0.15, -0.1) is 0 Å². The van der Waals surface area contributed by atoms with Crippen molar-refractivity contribution in [2.45, 2.75) is 6.61 Å². The summed E-state index contributed by atoms with van der Waals surface area (Å²) in [5.41, 5.74) is 4.99. The van der Waals surface area contributed by atoms with Gasteiger partial charge in [-0.1, -0.05) is 30.3 Å². The zero-order chi connectivity index (χ0) is 23.0. The highest BCUT2D eigenvalue weighted by molar-refractivity contribution is 6.38. The van der Waals surface area contributed by atoms with Crippen molar-refractivity contribution in [3.05, 3.63) is 83.6 Å². The van der Waals surface area contributed by atoms with Crippen molar-refractivity contribution < 1.29 is 14.3 Å². The number of imide groups is 1. The van der Waals surface area contributed by atoms with E-state index in [1.165, 1.54) is 11.9 Å². The average molecular weight is 446 g/mol. The van der Waals surface area contributed by atoms with Gasteiger partial charge in [0.2, 0.25) is 0 Å². The number of aromatic amines is 2. The molecule has 0 bridgehead atoms. The van der Waals surface area contributed by atoms with Crippen molar-refractivity contribution in [3.63, 3.8) is 0 Å². The summed E-state index contributed by atoms with van der Waals surface area (Å²) in [5, 5.41) is 3.14. The van der Waals surface area contributed by atoms with Gasteiger partial charge in [-0.25, -0.2) is 4.98 Å². The number of hydrogen-bond donors (Lipinski definition) is 2. The highest BCUT2D eigenvalue weighted by Gasteiger charge is 2.39. The van der Waals surface area contributed by atoms with Crippen LogP contribution >= 0.6 is 0 Å². The first-order valence-electron chi connectivity index (χ1n) is 11.0. The molecular formula is C27H18N4O3. The lowest BCUT2D eigenvalue weighted by atomic mass is 9.97. The second-order valence-electron chi connectivity index (χ2n) is 8.55. The van der Waals surface area contributed by atoms with E-state index in [0.717, 1.165) is 43.7 Å². The molecule has 4 heterocycles. The number of nitrogens with zero attached hydrogens (tertiary/aromatic N) is 2. The van der Waals surface area contributed by atoms with Gasteiger partial charge in [-0.3, -0.25) is 14.5 Å². The molecule has 7 heteroatoms. The van der Waals surface area contributed by atoms with Crippen molar-refractivity contribution in [1.82, 2.24) is 19.9 Å². The molecule has 3 aromatic heterocycles. The number of benzene rings is 3. The monoisotopic (exact) mass is 446 g/mol. The van der Waals surface area contributed by atoms with Gasteiger partial charge in [0.05, 0.1) is 27.7 Å². The summed E-state index contributed by atoms with van der Waals surface area (Å²) < 4.78 is 6.01. The van der Waals surface area contributed by atoms with Crippen molar-refractivity contribution in [2.75, 3.05) is 7.05 Å². The topological polar surface area (TPSA) is 91.1 Å². The summed E-state index contributed by atoms with van der Waals surface area (Å²) in [5.74, 6) is 0.123. The van der Waals surface area contributed by atoms with E-state index in [9.17, 15) is 9.59 Å². The van der Waals surface area contributed by atoms with Crippen molar-refractivity contribution in [1.29, 1.82) is 0 Å². The summed E-state index contributed by atoms with van der Waals surface area (Å²) in [6, 6.07) is 19.5. The maximum atomic E-state index is 13.2. The first kappa shape index (κ1) is 18.9. The van der Waals surface area contributed by atoms with Crippen LogP contribution in [0.4, 0.5) is 0 Å². The number of pyridine rings is 1. The van der Waals surface area contributed by atoms with Crippen molar-refractivity contribution >= 4 is 55.6 Å². The SMILES string of the molecule is CN1C(=O)c2c(c3c4cccnc4[nH]c3c3[nH]c4cc(OCc5ccccc5)ccc4c23)C1=O. The second kappa shape index (κ2) is 6.68. The van der Waals surface area contributed by atoms with Crippen LogP contribution in [0.3, 0.4) is 0 Å². The molecule has 7 nitrogen and oxygen atoms in total. The van der Waals surface area contributed by atoms with Crippen LogP contribution < -0.4 is 4.74 Å². The highest BCUT2D eigenvalue weighted by Crippen LogP contribution is 2.43. The minimum atomic E-state index is -0.297. The third-order valence-electron chi connectivity index (χ3n) is 6.63. The molecule has 0 unspecified atom stereocenters. The van der Waals surface area contributed by atoms with E-state index >= 15 is 0 Å². The van der Waals surface area contributed by atoms with Gasteiger partial charge in [0.15, 0.2) is 0 Å². The fourth-order valence-electron chi connectivity index (χ4n) is 5.03. The van der Waals surface area contributed by atoms with Gasteiger partial charge in [-0.05, 0) is 29.8 Å². The van der Waals surface area contributed by atoms with Crippen LogP contribution in [-0.2, 0) is 6.61 Å². The van der Waals surface area contributed by atoms with Gasteiger partial charge in [-0.2, -0.15) is 0 Å². The molecule has 1 aliphatic rings. The lowest BCUT2D eigenvalue weighted by Gasteiger charge is -2.06. The Bertz CT molecular complexity index is 1810. The quantitative estimate of drug-likeness (QED) is 0.368. The summed E-state index contributed by atoms with van der Waals surface area (Å²) in [6.45, 7) is 0.456. The maximum absolute atomic E-state index is 13.2. The predicted molar refractivity (Wildman–Crippen MR) is 130 cm³/mol. The molecule has 34 heavy (non-hydrogen) atoms. The first-order valence-corrected chi connectivity index (χ1v) is 11.0. The van der Waals surface area contributed by atoms with E-state index in [-0.39, 0.29) is 11.8 Å². The number of ether oxygens (including phenoxy) is 1. The molecule has 0 atom stereocenters. The first-order chi connectivity index (χ1) is 16.6. The summed E-state index contributed by atoms with van der Waals surface area (Å²) in [4.78, 5) is 38.9.